The van der Waals surface area contributed by atoms with Crippen LogP contribution in [0.15, 0.2) is 28.2 Å². The van der Waals surface area contributed by atoms with Gasteiger partial charge in [-0.2, -0.15) is 0 Å². The van der Waals surface area contributed by atoms with Gasteiger partial charge in [0.15, 0.2) is 0 Å². The molecule has 0 saturated heterocycles. The first kappa shape index (κ1) is 12.1. The van der Waals surface area contributed by atoms with Crippen LogP contribution in [0, 0.1) is 0 Å². The molecule has 1 aromatic heterocycles. The van der Waals surface area contributed by atoms with Crippen molar-refractivity contribution in [3.05, 3.63) is 24.2 Å². The normalized spacial score (nSPS) is 13.4. The Balaban J connectivity index is 2.54. The van der Waals surface area contributed by atoms with E-state index in [1.54, 1.807) is 6.07 Å². The minimum absolute atomic E-state index is 0.0966. The van der Waals surface area contributed by atoms with Crippen molar-refractivity contribution in [2.24, 2.45) is 10.9 Å². The number of oxime groups is 1. The van der Waals surface area contributed by atoms with Crippen molar-refractivity contribution >= 4 is 11.7 Å². The molecular formula is C10H15N3O3. The SMILES string of the molecule is CCC(CC(N)=NO)NC(=O)c1ccoc1. The highest BCUT2D eigenvalue weighted by molar-refractivity contribution is 5.94. The summed E-state index contributed by atoms with van der Waals surface area (Å²) in [6.45, 7) is 1.91. The Hall–Kier alpha value is -1.98. The molecular weight excluding hydrogens is 210 g/mol. The maximum atomic E-state index is 11.6. The number of carbonyl (C=O) groups is 1. The van der Waals surface area contributed by atoms with Crippen LogP contribution in [-0.4, -0.2) is 23.0 Å². The second-order valence-corrected chi connectivity index (χ2v) is 3.39. The van der Waals surface area contributed by atoms with Gasteiger partial charge < -0.3 is 20.7 Å². The summed E-state index contributed by atoms with van der Waals surface area (Å²) in [4.78, 5) is 11.6. The summed E-state index contributed by atoms with van der Waals surface area (Å²) in [6.07, 6.45) is 3.81. The first-order valence-corrected chi connectivity index (χ1v) is 4.96. The minimum Gasteiger partial charge on any atom is -0.472 e. The summed E-state index contributed by atoms with van der Waals surface area (Å²) in [5.74, 6) is -0.134. The van der Waals surface area contributed by atoms with Crippen LogP contribution in [0.25, 0.3) is 0 Å². The van der Waals surface area contributed by atoms with Crippen LogP contribution in [0.5, 0.6) is 0 Å². The fraction of sp³-hybridized carbons (Fsp3) is 0.400. The summed E-state index contributed by atoms with van der Waals surface area (Å²) >= 11 is 0. The van der Waals surface area contributed by atoms with Crippen LogP contribution in [0.1, 0.15) is 30.1 Å². The lowest BCUT2D eigenvalue weighted by atomic mass is 10.1. The van der Waals surface area contributed by atoms with Gasteiger partial charge in [-0.3, -0.25) is 4.79 Å². The second-order valence-electron chi connectivity index (χ2n) is 3.39. The molecule has 1 atom stereocenters. The van der Waals surface area contributed by atoms with Gasteiger partial charge in [0.1, 0.15) is 12.1 Å². The van der Waals surface area contributed by atoms with Crippen LogP contribution in [0.3, 0.4) is 0 Å². The van der Waals surface area contributed by atoms with E-state index < -0.39 is 0 Å². The highest BCUT2D eigenvalue weighted by atomic mass is 16.4. The third kappa shape index (κ3) is 3.30. The van der Waals surface area contributed by atoms with Crippen molar-refractivity contribution in [2.75, 3.05) is 0 Å². The Morgan fingerprint density at radius 2 is 2.50 bits per heavy atom. The van der Waals surface area contributed by atoms with Crippen molar-refractivity contribution in [3.8, 4) is 0 Å². The molecule has 88 valence electrons. The van der Waals surface area contributed by atoms with Gasteiger partial charge in [-0.05, 0) is 12.5 Å². The zero-order valence-electron chi connectivity index (χ0n) is 9.01. The van der Waals surface area contributed by atoms with Crippen molar-refractivity contribution in [1.82, 2.24) is 5.32 Å². The smallest absolute Gasteiger partial charge is 0.254 e. The summed E-state index contributed by atoms with van der Waals surface area (Å²) in [6, 6.07) is 1.42. The zero-order chi connectivity index (χ0) is 12.0. The third-order valence-electron chi connectivity index (χ3n) is 2.20. The van der Waals surface area contributed by atoms with Gasteiger partial charge in [0.2, 0.25) is 0 Å². The summed E-state index contributed by atoms with van der Waals surface area (Å²) in [7, 11) is 0. The fourth-order valence-corrected chi connectivity index (χ4v) is 1.25. The zero-order valence-corrected chi connectivity index (χ0v) is 9.01. The van der Waals surface area contributed by atoms with Crippen LogP contribution < -0.4 is 11.1 Å². The van der Waals surface area contributed by atoms with E-state index in [0.29, 0.717) is 18.4 Å². The summed E-state index contributed by atoms with van der Waals surface area (Å²) in [5, 5.41) is 14.1. The first-order chi connectivity index (χ1) is 7.67. The lowest BCUT2D eigenvalue weighted by molar-refractivity contribution is 0.0936. The lowest BCUT2D eigenvalue weighted by Crippen LogP contribution is -2.37. The van der Waals surface area contributed by atoms with Crippen LogP contribution >= 0.6 is 0 Å². The molecule has 4 N–H and O–H groups in total. The Morgan fingerprint density at radius 1 is 1.75 bits per heavy atom. The number of rotatable bonds is 5. The van der Waals surface area contributed by atoms with Gasteiger partial charge in [0.25, 0.3) is 5.91 Å². The molecule has 1 heterocycles. The summed E-state index contributed by atoms with van der Waals surface area (Å²) < 4.78 is 4.80. The van der Waals surface area contributed by atoms with Gasteiger partial charge in [0.05, 0.1) is 11.8 Å². The van der Waals surface area contributed by atoms with Gasteiger partial charge in [0, 0.05) is 12.5 Å². The molecule has 1 aromatic rings. The van der Waals surface area contributed by atoms with Gasteiger partial charge >= 0.3 is 0 Å². The van der Waals surface area contributed by atoms with Crippen molar-refractivity contribution in [3.63, 3.8) is 0 Å². The molecule has 0 aliphatic carbocycles. The molecule has 0 bridgehead atoms. The third-order valence-corrected chi connectivity index (χ3v) is 2.20. The second kappa shape index (κ2) is 5.79. The minimum atomic E-state index is -0.230. The van der Waals surface area contributed by atoms with Crippen molar-refractivity contribution < 1.29 is 14.4 Å². The molecule has 16 heavy (non-hydrogen) atoms. The predicted octanol–water partition coefficient (Wildman–Crippen LogP) is 0.925. The number of hydrogen-bond donors (Lipinski definition) is 3. The van der Waals surface area contributed by atoms with Gasteiger partial charge in [-0.1, -0.05) is 12.1 Å². The van der Waals surface area contributed by atoms with E-state index in [-0.39, 0.29) is 17.8 Å². The number of hydrogen-bond acceptors (Lipinski definition) is 4. The Kier molecular flexibility index (Phi) is 4.38. The molecule has 6 heteroatoms. The predicted molar refractivity (Wildman–Crippen MR) is 58.3 cm³/mol. The number of nitrogens with two attached hydrogens (primary N) is 1. The topological polar surface area (TPSA) is 101 Å². The highest BCUT2D eigenvalue weighted by Gasteiger charge is 2.14. The number of amidine groups is 1. The average Bonchev–Trinajstić information content (AvgIpc) is 2.81. The van der Waals surface area contributed by atoms with E-state index in [1.807, 2.05) is 6.92 Å². The Labute approximate surface area is 93.1 Å². The molecule has 0 aromatic carbocycles. The molecule has 0 saturated carbocycles. The Bertz CT molecular complexity index is 359. The number of furan rings is 1. The van der Waals surface area contributed by atoms with Crippen molar-refractivity contribution in [2.45, 2.75) is 25.8 Å². The van der Waals surface area contributed by atoms with E-state index in [9.17, 15) is 4.79 Å². The van der Waals surface area contributed by atoms with Crippen molar-refractivity contribution in [1.29, 1.82) is 0 Å². The molecule has 0 radical (unpaired) electrons. The lowest BCUT2D eigenvalue weighted by Gasteiger charge is -2.15. The average molecular weight is 225 g/mol. The number of carbonyl (C=O) groups excluding carboxylic acids is 1. The number of amides is 1. The van der Waals surface area contributed by atoms with Gasteiger partial charge in [-0.25, -0.2) is 0 Å². The molecule has 0 fully saturated rings. The molecule has 1 rings (SSSR count). The maximum Gasteiger partial charge on any atom is 0.254 e. The quantitative estimate of drug-likeness (QED) is 0.300. The molecule has 0 aliphatic rings. The largest absolute Gasteiger partial charge is 0.472 e. The monoisotopic (exact) mass is 225 g/mol. The maximum absolute atomic E-state index is 11.6. The van der Waals surface area contributed by atoms with E-state index in [2.05, 4.69) is 10.5 Å². The van der Waals surface area contributed by atoms with E-state index >= 15 is 0 Å². The van der Waals surface area contributed by atoms with Crippen LogP contribution in [0.2, 0.25) is 0 Å². The van der Waals surface area contributed by atoms with E-state index in [1.165, 1.54) is 12.5 Å². The fourth-order valence-electron chi connectivity index (χ4n) is 1.25. The van der Waals surface area contributed by atoms with E-state index in [4.69, 9.17) is 15.4 Å². The molecule has 0 aliphatic heterocycles. The first-order valence-electron chi connectivity index (χ1n) is 4.96. The highest BCUT2D eigenvalue weighted by Crippen LogP contribution is 2.03. The van der Waals surface area contributed by atoms with E-state index in [0.717, 1.165) is 0 Å². The molecule has 0 spiro atoms. The number of nitrogens with zero attached hydrogens (tertiary/aromatic N) is 1. The number of nitrogens with one attached hydrogen (secondary N) is 1. The van der Waals surface area contributed by atoms with Crippen LogP contribution in [-0.2, 0) is 0 Å². The standard InChI is InChI=1S/C10H15N3O3/c1-2-8(5-9(11)13-15)12-10(14)7-3-4-16-6-7/h3-4,6,8,15H,2,5H2,1H3,(H2,11,13)(H,12,14). The van der Waals surface area contributed by atoms with Crippen LogP contribution in [0.4, 0.5) is 0 Å². The molecule has 1 amide bonds. The summed E-state index contributed by atoms with van der Waals surface area (Å²) in [5.41, 5.74) is 5.83. The Morgan fingerprint density at radius 3 is 3.00 bits per heavy atom. The molecule has 6 nitrogen and oxygen atoms in total. The van der Waals surface area contributed by atoms with Gasteiger partial charge in [-0.15, -0.1) is 0 Å². The molecule has 1 unspecified atom stereocenters.